The lowest BCUT2D eigenvalue weighted by Crippen LogP contribution is -2.45. The summed E-state index contributed by atoms with van der Waals surface area (Å²) in [7, 11) is 0. The summed E-state index contributed by atoms with van der Waals surface area (Å²) in [6, 6.07) is 9.98. The van der Waals surface area contributed by atoms with Gasteiger partial charge in [-0.2, -0.15) is 0 Å². The number of aromatic nitrogens is 4. The molecule has 0 unspecified atom stereocenters. The van der Waals surface area contributed by atoms with Crippen LogP contribution < -0.4 is 0 Å². The molecule has 7 heteroatoms. The van der Waals surface area contributed by atoms with Crippen LogP contribution in [0.3, 0.4) is 0 Å². The number of aliphatic hydroxyl groups is 1. The Morgan fingerprint density at radius 1 is 1.32 bits per heavy atom. The minimum atomic E-state index is -0.520. The molecule has 22 heavy (non-hydrogen) atoms. The third-order valence-corrected chi connectivity index (χ3v) is 4.11. The summed E-state index contributed by atoms with van der Waals surface area (Å²) < 4.78 is 1.53. The number of β-amino-alcohol motifs (C(OH)–C–C–N with tert-alkyl or cyclic N) is 1. The van der Waals surface area contributed by atoms with Gasteiger partial charge in [0.1, 0.15) is 6.33 Å². The Bertz CT molecular complexity index is 602. The lowest BCUT2D eigenvalue weighted by Gasteiger charge is -2.36. The molecule has 3 rings (SSSR count). The van der Waals surface area contributed by atoms with Crippen LogP contribution in [-0.2, 0) is 11.3 Å². The molecule has 0 radical (unpaired) electrons. The monoisotopic (exact) mass is 301 g/mol. The van der Waals surface area contributed by atoms with Crippen LogP contribution in [0.15, 0.2) is 36.7 Å². The number of hydrogen-bond acceptors (Lipinski definition) is 5. The Morgan fingerprint density at radius 2 is 2.14 bits per heavy atom. The van der Waals surface area contributed by atoms with Gasteiger partial charge in [0, 0.05) is 25.4 Å². The second-order valence-corrected chi connectivity index (χ2v) is 5.54. The predicted octanol–water partition coefficient (Wildman–Crippen LogP) is 0.440. The Balaban J connectivity index is 1.54. The average Bonchev–Trinajstić information content (AvgIpc) is 3.07. The van der Waals surface area contributed by atoms with Gasteiger partial charge < -0.3 is 10.0 Å². The molecule has 1 amide bonds. The number of piperidine rings is 1. The van der Waals surface area contributed by atoms with Crippen LogP contribution in [0.2, 0.25) is 0 Å². The first-order chi connectivity index (χ1) is 10.7. The van der Waals surface area contributed by atoms with E-state index >= 15 is 0 Å². The lowest BCUT2D eigenvalue weighted by atomic mass is 9.87. The summed E-state index contributed by atoms with van der Waals surface area (Å²) in [5.74, 6) is 0.130. The van der Waals surface area contributed by atoms with Gasteiger partial charge in [0.2, 0.25) is 5.91 Å². The molecule has 7 nitrogen and oxygen atoms in total. The number of aliphatic hydroxyl groups excluding tert-OH is 1. The highest BCUT2D eigenvalue weighted by Gasteiger charge is 2.30. The average molecular weight is 301 g/mol. The number of benzene rings is 1. The Morgan fingerprint density at radius 3 is 2.82 bits per heavy atom. The number of nitrogens with zero attached hydrogens (tertiary/aromatic N) is 5. The van der Waals surface area contributed by atoms with Gasteiger partial charge in [-0.3, -0.25) is 4.79 Å². The first-order valence-corrected chi connectivity index (χ1v) is 7.45. The second kappa shape index (κ2) is 6.65. The van der Waals surface area contributed by atoms with E-state index in [9.17, 15) is 9.90 Å². The smallest absolute Gasteiger partial charge is 0.224 e. The minimum absolute atomic E-state index is 0.0288. The summed E-state index contributed by atoms with van der Waals surface area (Å²) in [5.41, 5.74) is 1.13. The maximum Gasteiger partial charge on any atom is 0.224 e. The van der Waals surface area contributed by atoms with E-state index in [4.69, 9.17) is 0 Å². The number of tetrazole rings is 1. The minimum Gasteiger partial charge on any atom is -0.391 e. The molecular formula is C15H19N5O2. The van der Waals surface area contributed by atoms with Gasteiger partial charge >= 0.3 is 0 Å². The van der Waals surface area contributed by atoms with Gasteiger partial charge in [-0.15, -0.1) is 5.10 Å². The molecule has 2 heterocycles. The molecular weight excluding hydrogens is 282 g/mol. The van der Waals surface area contributed by atoms with Gasteiger partial charge in [0.05, 0.1) is 12.6 Å². The van der Waals surface area contributed by atoms with E-state index in [2.05, 4.69) is 15.5 Å². The van der Waals surface area contributed by atoms with E-state index in [1.807, 2.05) is 30.3 Å². The fourth-order valence-electron chi connectivity index (χ4n) is 2.90. The molecule has 0 bridgehead atoms. The van der Waals surface area contributed by atoms with Crippen molar-refractivity contribution >= 4 is 5.91 Å². The fraction of sp³-hybridized carbons (Fsp3) is 0.467. The molecule has 1 aliphatic rings. The topological polar surface area (TPSA) is 84.1 Å². The van der Waals surface area contributed by atoms with Crippen molar-refractivity contribution in [1.29, 1.82) is 0 Å². The van der Waals surface area contributed by atoms with Crippen LogP contribution >= 0.6 is 0 Å². The molecule has 116 valence electrons. The summed E-state index contributed by atoms with van der Waals surface area (Å²) in [6.45, 7) is 1.51. The van der Waals surface area contributed by atoms with Gasteiger partial charge in [0.15, 0.2) is 0 Å². The number of carbonyl (C=O) groups excluding carboxylic acids is 1. The molecule has 1 N–H and O–H groups in total. The highest BCUT2D eigenvalue weighted by atomic mass is 16.3. The van der Waals surface area contributed by atoms with Crippen LogP contribution in [0.25, 0.3) is 0 Å². The van der Waals surface area contributed by atoms with E-state index in [1.165, 1.54) is 11.0 Å². The van der Waals surface area contributed by atoms with E-state index in [-0.39, 0.29) is 11.8 Å². The Labute approximate surface area is 128 Å². The molecule has 1 aromatic heterocycles. The van der Waals surface area contributed by atoms with Crippen molar-refractivity contribution in [1.82, 2.24) is 25.1 Å². The molecule has 2 atom stereocenters. The highest BCUT2D eigenvalue weighted by molar-refractivity contribution is 5.76. The molecule has 1 fully saturated rings. The highest BCUT2D eigenvalue weighted by Crippen LogP contribution is 2.28. The third-order valence-electron chi connectivity index (χ3n) is 4.11. The molecule has 1 aliphatic heterocycles. The largest absolute Gasteiger partial charge is 0.391 e. The standard InChI is InChI=1S/C15H19N5O2/c21-14-10-19(15(22)7-9-20-11-16-17-18-20)8-6-13(14)12-4-2-1-3-5-12/h1-5,11,13-14,21H,6-10H2/t13-,14+/m0/s1. The van der Waals surface area contributed by atoms with Crippen molar-refractivity contribution in [3.05, 3.63) is 42.2 Å². The van der Waals surface area contributed by atoms with Crippen LogP contribution in [-0.4, -0.2) is 55.3 Å². The molecule has 0 aliphatic carbocycles. The quantitative estimate of drug-likeness (QED) is 0.886. The van der Waals surface area contributed by atoms with Crippen molar-refractivity contribution in [3.8, 4) is 0 Å². The van der Waals surface area contributed by atoms with Gasteiger partial charge in [-0.25, -0.2) is 4.68 Å². The van der Waals surface area contributed by atoms with E-state index in [0.717, 1.165) is 12.0 Å². The van der Waals surface area contributed by atoms with Crippen LogP contribution in [0.5, 0.6) is 0 Å². The predicted molar refractivity (Wildman–Crippen MR) is 78.8 cm³/mol. The first kappa shape index (κ1) is 14.6. The molecule has 1 aromatic carbocycles. The molecule has 1 saturated heterocycles. The van der Waals surface area contributed by atoms with Crippen LogP contribution in [0, 0.1) is 0 Å². The van der Waals surface area contributed by atoms with Crippen molar-refractivity contribution in [3.63, 3.8) is 0 Å². The van der Waals surface area contributed by atoms with Crippen LogP contribution in [0.4, 0.5) is 0 Å². The number of aryl methyl sites for hydroxylation is 1. The van der Waals surface area contributed by atoms with Crippen LogP contribution in [0.1, 0.15) is 24.3 Å². The summed E-state index contributed by atoms with van der Waals surface area (Å²) >= 11 is 0. The summed E-state index contributed by atoms with van der Waals surface area (Å²) in [4.78, 5) is 13.9. The summed E-state index contributed by atoms with van der Waals surface area (Å²) in [6.07, 6.45) is 2.09. The number of carbonyl (C=O) groups is 1. The Hall–Kier alpha value is -2.28. The fourth-order valence-corrected chi connectivity index (χ4v) is 2.90. The lowest BCUT2D eigenvalue weighted by molar-refractivity contribution is -0.135. The SMILES string of the molecule is O=C(CCn1cnnn1)N1CC[C@@H](c2ccccc2)[C@H](O)C1. The summed E-state index contributed by atoms with van der Waals surface area (Å²) in [5, 5.41) is 21.2. The third kappa shape index (κ3) is 3.30. The molecule has 2 aromatic rings. The first-order valence-electron chi connectivity index (χ1n) is 7.45. The van der Waals surface area contributed by atoms with Crippen molar-refractivity contribution in [2.24, 2.45) is 0 Å². The zero-order valence-electron chi connectivity index (χ0n) is 12.2. The number of likely N-dealkylation sites (tertiary alicyclic amines) is 1. The maximum absolute atomic E-state index is 12.2. The van der Waals surface area contributed by atoms with Crippen molar-refractivity contribution in [2.45, 2.75) is 31.4 Å². The second-order valence-electron chi connectivity index (χ2n) is 5.54. The Kier molecular flexibility index (Phi) is 4.43. The normalized spacial score (nSPS) is 21.8. The molecule has 0 spiro atoms. The van der Waals surface area contributed by atoms with E-state index in [0.29, 0.717) is 26.1 Å². The number of amides is 1. The maximum atomic E-state index is 12.2. The van der Waals surface area contributed by atoms with Crippen molar-refractivity contribution < 1.29 is 9.90 Å². The number of hydrogen-bond donors (Lipinski definition) is 1. The zero-order valence-corrected chi connectivity index (χ0v) is 12.2. The van der Waals surface area contributed by atoms with Crippen molar-refractivity contribution in [2.75, 3.05) is 13.1 Å². The van der Waals surface area contributed by atoms with E-state index in [1.54, 1.807) is 4.90 Å². The zero-order chi connectivity index (χ0) is 15.4. The van der Waals surface area contributed by atoms with E-state index < -0.39 is 6.10 Å². The van der Waals surface area contributed by atoms with Gasteiger partial charge in [0.25, 0.3) is 0 Å². The van der Waals surface area contributed by atoms with Gasteiger partial charge in [-0.1, -0.05) is 30.3 Å². The molecule has 0 saturated carbocycles. The van der Waals surface area contributed by atoms with Gasteiger partial charge in [-0.05, 0) is 22.4 Å². The number of rotatable bonds is 4.